The highest BCUT2D eigenvalue weighted by Crippen LogP contribution is 2.09. The van der Waals surface area contributed by atoms with Gasteiger partial charge in [-0.25, -0.2) is 4.79 Å². The third kappa shape index (κ3) is 6.85. The van der Waals surface area contributed by atoms with Crippen LogP contribution in [0.25, 0.3) is 0 Å². The lowest BCUT2D eigenvalue weighted by Gasteiger charge is -1.96. The number of thioether (sulfide) groups is 2. The predicted molar refractivity (Wildman–Crippen MR) is 64.0 cm³/mol. The summed E-state index contributed by atoms with van der Waals surface area (Å²) in [6, 6.07) is 0. The Balaban J connectivity index is 3.97. The summed E-state index contributed by atoms with van der Waals surface area (Å²) in [5.41, 5.74) is 0. The second kappa shape index (κ2) is 8.96. The van der Waals surface area contributed by atoms with E-state index < -0.39 is 6.09 Å². The number of hydrogen-bond acceptors (Lipinski definition) is 5. The number of nitrogens with one attached hydrogen (secondary N) is 1. The van der Waals surface area contributed by atoms with Gasteiger partial charge >= 0.3 is 6.09 Å². The summed E-state index contributed by atoms with van der Waals surface area (Å²) >= 11 is 3.27. The summed E-state index contributed by atoms with van der Waals surface area (Å²) in [5, 5.41) is 5.83. The predicted octanol–water partition coefficient (Wildman–Crippen LogP) is 1.94. The Kier molecular flexibility index (Phi) is 8.56. The van der Waals surface area contributed by atoms with Gasteiger partial charge in [-0.2, -0.15) is 11.8 Å². The molecular weight excluding hydrogens is 220 g/mol. The molecule has 4 nitrogen and oxygen atoms in total. The van der Waals surface area contributed by atoms with E-state index in [-0.39, 0.29) is 0 Å². The Morgan fingerprint density at radius 3 is 2.79 bits per heavy atom. The molecule has 1 amide bonds. The molecule has 0 heterocycles. The lowest BCUT2D eigenvalue weighted by molar-refractivity contribution is 0.154. The number of carbonyl (C=O) groups is 1. The maximum absolute atomic E-state index is 10.6. The van der Waals surface area contributed by atoms with Crippen LogP contribution in [0.1, 0.15) is 0 Å². The van der Waals surface area contributed by atoms with Crippen molar-refractivity contribution in [1.82, 2.24) is 5.32 Å². The number of nitrogens with zero attached hydrogens (tertiary/aromatic N) is 1. The van der Waals surface area contributed by atoms with Gasteiger partial charge in [-0.3, -0.25) is 4.84 Å². The Hall–Kier alpha value is -0.620. The van der Waals surface area contributed by atoms with E-state index in [1.807, 2.05) is 18.6 Å². The fraction of sp³-hybridized carbons (Fsp3) is 0.500. The topological polar surface area (TPSA) is 50.7 Å². The first-order chi connectivity index (χ1) is 6.74. The highest BCUT2D eigenvalue weighted by atomic mass is 32.2. The third-order valence-corrected chi connectivity index (χ3v) is 2.45. The van der Waals surface area contributed by atoms with Crippen LogP contribution in [0.15, 0.2) is 16.1 Å². The van der Waals surface area contributed by atoms with Gasteiger partial charge in [0.25, 0.3) is 0 Å². The van der Waals surface area contributed by atoms with Crippen LogP contribution in [0.2, 0.25) is 0 Å². The number of carbonyl (C=O) groups excluding carboxylic acids is 1. The van der Waals surface area contributed by atoms with Crippen molar-refractivity contribution in [1.29, 1.82) is 0 Å². The molecule has 0 aliphatic heterocycles. The lowest BCUT2D eigenvalue weighted by Crippen LogP contribution is -2.16. The number of hydrogen-bond donors (Lipinski definition) is 1. The number of rotatable bonds is 5. The average molecular weight is 234 g/mol. The zero-order valence-electron chi connectivity index (χ0n) is 8.44. The molecule has 0 atom stereocenters. The maximum Gasteiger partial charge on any atom is 0.433 e. The minimum Gasteiger partial charge on any atom is -0.323 e. The summed E-state index contributed by atoms with van der Waals surface area (Å²) in [6.45, 7) is 0. The van der Waals surface area contributed by atoms with Gasteiger partial charge in [0.2, 0.25) is 0 Å². The fourth-order valence-corrected chi connectivity index (χ4v) is 1.38. The van der Waals surface area contributed by atoms with Crippen molar-refractivity contribution >= 4 is 35.8 Å². The third-order valence-electron chi connectivity index (χ3n) is 1.21. The number of allylic oxidation sites excluding steroid dienone is 1. The van der Waals surface area contributed by atoms with Crippen LogP contribution in [0.3, 0.4) is 0 Å². The first-order valence-corrected chi connectivity index (χ1v) is 6.51. The zero-order chi connectivity index (χ0) is 10.8. The second-order valence-corrected chi connectivity index (χ2v) is 3.92. The Morgan fingerprint density at radius 2 is 2.29 bits per heavy atom. The molecule has 80 valence electrons. The van der Waals surface area contributed by atoms with Crippen LogP contribution in [-0.2, 0) is 4.84 Å². The lowest BCUT2D eigenvalue weighted by atomic mass is 10.5. The van der Waals surface area contributed by atoms with Gasteiger partial charge in [-0.05, 0) is 12.5 Å². The minimum atomic E-state index is -0.563. The van der Waals surface area contributed by atoms with Crippen LogP contribution < -0.4 is 5.32 Å². The minimum absolute atomic E-state index is 0.563. The molecule has 0 aromatic heterocycles. The Bertz CT molecular complexity index is 229. The van der Waals surface area contributed by atoms with E-state index in [2.05, 4.69) is 15.3 Å². The molecule has 0 spiro atoms. The van der Waals surface area contributed by atoms with Crippen molar-refractivity contribution in [2.45, 2.75) is 0 Å². The highest BCUT2D eigenvalue weighted by molar-refractivity contribution is 8.03. The summed E-state index contributed by atoms with van der Waals surface area (Å²) in [6.07, 6.45) is 6.94. The fourth-order valence-electron chi connectivity index (χ4n) is 0.526. The SMILES string of the molecule is CNC(=O)O/N=C/C(=C/CSC)SC. The second-order valence-electron chi connectivity index (χ2n) is 2.13. The normalized spacial score (nSPS) is 11.8. The molecule has 0 radical (unpaired) electrons. The average Bonchev–Trinajstić information content (AvgIpc) is 2.22. The first kappa shape index (κ1) is 13.4. The van der Waals surface area contributed by atoms with Crippen molar-refractivity contribution in [3.63, 3.8) is 0 Å². The van der Waals surface area contributed by atoms with Crippen LogP contribution in [0, 0.1) is 0 Å². The molecule has 0 rings (SSSR count). The van der Waals surface area contributed by atoms with Gasteiger partial charge in [0.1, 0.15) is 0 Å². The van der Waals surface area contributed by atoms with Crippen molar-refractivity contribution in [3.05, 3.63) is 11.0 Å². The largest absolute Gasteiger partial charge is 0.433 e. The molecular formula is C8H14N2O2S2. The van der Waals surface area contributed by atoms with E-state index in [1.165, 1.54) is 13.3 Å². The van der Waals surface area contributed by atoms with Gasteiger partial charge in [0.15, 0.2) is 0 Å². The summed E-state index contributed by atoms with van der Waals surface area (Å²) in [4.78, 5) is 16.1. The Labute approximate surface area is 92.5 Å². The smallest absolute Gasteiger partial charge is 0.323 e. The van der Waals surface area contributed by atoms with E-state index in [9.17, 15) is 4.79 Å². The van der Waals surface area contributed by atoms with E-state index in [4.69, 9.17) is 0 Å². The summed E-state index contributed by atoms with van der Waals surface area (Å²) in [7, 11) is 1.48. The van der Waals surface area contributed by atoms with E-state index in [1.54, 1.807) is 23.5 Å². The molecule has 14 heavy (non-hydrogen) atoms. The quantitative estimate of drug-likeness (QED) is 0.449. The first-order valence-electron chi connectivity index (χ1n) is 3.89. The molecule has 1 N–H and O–H groups in total. The van der Waals surface area contributed by atoms with Crippen LogP contribution in [-0.4, -0.2) is 37.6 Å². The molecule has 6 heteroatoms. The van der Waals surface area contributed by atoms with Gasteiger partial charge in [-0.15, -0.1) is 11.8 Å². The molecule has 0 aliphatic carbocycles. The van der Waals surface area contributed by atoms with Crippen LogP contribution in [0.5, 0.6) is 0 Å². The van der Waals surface area contributed by atoms with Crippen LogP contribution in [0.4, 0.5) is 4.79 Å². The van der Waals surface area contributed by atoms with E-state index >= 15 is 0 Å². The molecule has 0 unspecified atom stereocenters. The van der Waals surface area contributed by atoms with Crippen molar-refractivity contribution in [2.75, 3.05) is 25.3 Å². The van der Waals surface area contributed by atoms with E-state index in [0.29, 0.717) is 0 Å². The molecule has 0 aromatic carbocycles. The van der Waals surface area contributed by atoms with Gasteiger partial charge in [0.05, 0.1) is 6.21 Å². The van der Waals surface area contributed by atoms with Crippen molar-refractivity contribution in [2.24, 2.45) is 5.16 Å². The van der Waals surface area contributed by atoms with Gasteiger partial charge < -0.3 is 5.32 Å². The Morgan fingerprint density at radius 1 is 1.57 bits per heavy atom. The highest BCUT2D eigenvalue weighted by Gasteiger charge is 1.94. The molecule has 0 aromatic rings. The standard InChI is InChI=1S/C8H14N2O2S2/c1-9-8(11)12-10-6-7(14-3)4-5-13-2/h4,6H,5H2,1-3H3,(H,9,11)/b7-4-,10-6+. The monoisotopic (exact) mass is 234 g/mol. The zero-order valence-corrected chi connectivity index (χ0v) is 10.1. The summed E-state index contributed by atoms with van der Waals surface area (Å²) < 4.78 is 0. The molecule has 0 bridgehead atoms. The van der Waals surface area contributed by atoms with E-state index in [0.717, 1.165) is 10.7 Å². The summed E-state index contributed by atoms with van der Waals surface area (Å²) in [5.74, 6) is 0.919. The number of amides is 1. The molecule has 0 saturated heterocycles. The van der Waals surface area contributed by atoms with Crippen molar-refractivity contribution < 1.29 is 9.63 Å². The van der Waals surface area contributed by atoms with Crippen molar-refractivity contribution in [3.8, 4) is 0 Å². The molecule has 0 saturated carbocycles. The van der Waals surface area contributed by atoms with Gasteiger partial charge in [0, 0.05) is 17.7 Å². The number of oxime groups is 1. The molecule has 0 aliphatic rings. The van der Waals surface area contributed by atoms with Crippen LogP contribution >= 0.6 is 23.5 Å². The molecule has 0 fully saturated rings. The van der Waals surface area contributed by atoms with Gasteiger partial charge in [-0.1, -0.05) is 11.2 Å². The maximum atomic E-state index is 10.6.